The number of ether oxygens (including phenoxy) is 1. The largest absolute Gasteiger partial charge is 2.00 e. The van der Waals surface area contributed by atoms with Crippen molar-refractivity contribution in [2.75, 3.05) is 0 Å². The van der Waals surface area contributed by atoms with E-state index in [4.69, 9.17) is 14.7 Å². The smallest absolute Gasteiger partial charge is 0.512 e. The van der Waals surface area contributed by atoms with Crippen LogP contribution < -0.4 is 0 Å². The number of rotatable bonds is 4. The first-order valence-electron chi connectivity index (χ1n) is 17.6. The van der Waals surface area contributed by atoms with Gasteiger partial charge in [-0.15, -0.1) is 42.0 Å². The van der Waals surface area contributed by atoms with Gasteiger partial charge in [-0.3, -0.25) is 4.99 Å². The van der Waals surface area contributed by atoms with Gasteiger partial charge in [0.1, 0.15) is 11.5 Å². The molecule has 0 bridgehead atoms. The summed E-state index contributed by atoms with van der Waals surface area (Å²) >= 11 is 0. The van der Waals surface area contributed by atoms with Gasteiger partial charge in [0, 0.05) is 11.7 Å². The number of fused-ring (bicyclic) bond motifs is 4. The van der Waals surface area contributed by atoms with Gasteiger partial charge in [0.25, 0.3) is 0 Å². The van der Waals surface area contributed by atoms with Gasteiger partial charge in [-0.25, -0.2) is 0 Å². The minimum atomic E-state index is -0.302. The van der Waals surface area contributed by atoms with E-state index >= 15 is 0 Å². The maximum absolute atomic E-state index is 6.80. The van der Waals surface area contributed by atoms with E-state index in [0.717, 1.165) is 63.8 Å². The van der Waals surface area contributed by atoms with E-state index in [9.17, 15) is 0 Å². The van der Waals surface area contributed by atoms with Gasteiger partial charge in [-0.05, 0) is 123 Å². The van der Waals surface area contributed by atoms with Crippen LogP contribution >= 0.6 is 0 Å². The molecule has 1 fully saturated rings. The van der Waals surface area contributed by atoms with Crippen LogP contribution in [0.1, 0.15) is 87.3 Å². The van der Waals surface area contributed by atoms with Crippen LogP contribution in [-0.2, 0) is 31.2 Å². The average molecular weight is 839 g/mol. The second kappa shape index (κ2) is 12.1. The van der Waals surface area contributed by atoms with Crippen molar-refractivity contribution in [3.05, 3.63) is 118 Å². The minimum absolute atomic E-state index is 0. The van der Waals surface area contributed by atoms with Crippen molar-refractivity contribution in [2.45, 2.75) is 98.1 Å². The minimum Gasteiger partial charge on any atom is -0.512 e. The molecule has 8 rings (SSSR count). The Morgan fingerprint density at radius 3 is 2.26 bits per heavy atom. The molecule has 0 amide bonds. The second-order valence-corrected chi connectivity index (χ2v) is 16.0. The van der Waals surface area contributed by atoms with Gasteiger partial charge in [-0.2, -0.15) is 0 Å². The molecule has 6 aromatic rings. The van der Waals surface area contributed by atoms with Crippen molar-refractivity contribution in [1.82, 2.24) is 9.55 Å². The molecule has 4 nitrogen and oxygen atoms in total. The number of aromatic nitrogens is 2. The summed E-state index contributed by atoms with van der Waals surface area (Å²) in [5.41, 5.74) is 14.0. The third kappa shape index (κ3) is 5.55. The van der Waals surface area contributed by atoms with Gasteiger partial charge >= 0.3 is 21.1 Å². The Balaban J connectivity index is 0.00000392. The summed E-state index contributed by atoms with van der Waals surface area (Å²) in [5, 5.41) is 2.35. The Bertz CT molecular complexity index is 2340. The molecule has 0 unspecified atom stereocenters. The van der Waals surface area contributed by atoms with E-state index in [1.165, 1.54) is 38.8 Å². The van der Waals surface area contributed by atoms with Crippen LogP contribution in [0.5, 0.6) is 0 Å². The van der Waals surface area contributed by atoms with E-state index < -0.39 is 0 Å². The van der Waals surface area contributed by atoms with Gasteiger partial charge in [0.15, 0.2) is 0 Å². The van der Waals surface area contributed by atoms with Crippen molar-refractivity contribution in [2.24, 2.45) is 4.99 Å². The molecule has 2 atom stereocenters. The number of hydrogen-bond acceptors (Lipinski definition) is 3. The van der Waals surface area contributed by atoms with Crippen LogP contribution in [0, 0.1) is 39.8 Å². The maximum atomic E-state index is 6.80. The van der Waals surface area contributed by atoms with Crippen LogP contribution in [0.15, 0.2) is 77.9 Å². The predicted molar refractivity (Wildman–Crippen MR) is 203 cm³/mol. The standard InChI is InChI=1S/C45H45N3O.Pt/c1-27-11-14-39-37(21-27)36-13-12-31(38-26-34(15-18-46-38)43(5,6)7)25-40(36)48(39)35-23-32(41-29(3)19-28(2)20-30(41)4)22-33(24-35)42-47-44(8)16-10-17-45(44,9)49-42;/h11-15,18-23,26H,10,16-17H2,1-9H3;/q-2;+2/t44-,45+;/m1./s1. The molecule has 3 heterocycles. The van der Waals surface area contributed by atoms with E-state index in [0.29, 0.717) is 5.90 Å². The molecule has 256 valence electrons. The molecule has 2 aromatic heterocycles. The monoisotopic (exact) mass is 838 g/mol. The molecule has 1 aliphatic heterocycles. The Labute approximate surface area is 311 Å². The summed E-state index contributed by atoms with van der Waals surface area (Å²) in [6, 6.07) is 32.2. The Kier molecular flexibility index (Phi) is 8.30. The van der Waals surface area contributed by atoms with Crippen molar-refractivity contribution in [1.29, 1.82) is 0 Å². The van der Waals surface area contributed by atoms with Crippen LogP contribution in [0.4, 0.5) is 0 Å². The van der Waals surface area contributed by atoms with Gasteiger partial charge in [-0.1, -0.05) is 78.7 Å². The molecule has 0 N–H and O–H groups in total. The summed E-state index contributed by atoms with van der Waals surface area (Å²) in [5.74, 6) is 0.694. The second-order valence-electron chi connectivity index (χ2n) is 16.0. The van der Waals surface area contributed by atoms with Gasteiger partial charge in [0.2, 0.25) is 0 Å². The Morgan fingerprint density at radius 2 is 1.54 bits per heavy atom. The Morgan fingerprint density at radius 1 is 0.780 bits per heavy atom. The van der Waals surface area contributed by atoms with E-state index in [-0.39, 0.29) is 37.6 Å². The third-order valence-electron chi connectivity index (χ3n) is 11.2. The third-order valence-corrected chi connectivity index (χ3v) is 11.2. The zero-order chi connectivity index (χ0) is 34.5. The molecular formula is C45H45N3OPt. The number of pyridine rings is 1. The first kappa shape index (κ1) is 34.4. The Hall–Kier alpha value is -4.01. The fourth-order valence-electron chi connectivity index (χ4n) is 8.29. The van der Waals surface area contributed by atoms with Gasteiger partial charge < -0.3 is 14.3 Å². The molecule has 0 spiro atoms. The molecule has 2 aliphatic rings. The first-order valence-corrected chi connectivity index (χ1v) is 17.6. The van der Waals surface area contributed by atoms with E-state index in [1.807, 2.05) is 6.20 Å². The van der Waals surface area contributed by atoms with Crippen molar-refractivity contribution in [3.8, 4) is 28.1 Å². The number of hydrogen-bond donors (Lipinski definition) is 0. The zero-order valence-corrected chi connectivity index (χ0v) is 32.9. The van der Waals surface area contributed by atoms with Crippen molar-refractivity contribution < 1.29 is 25.8 Å². The fourth-order valence-corrected chi connectivity index (χ4v) is 8.29. The van der Waals surface area contributed by atoms with Crippen LogP contribution in [0.25, 0.3) is 49.9 Å². The summed E-state index contributed by atoms with van der Waals surface area (Å²) < 4.78 is 9.13. The molecule has 4 aromatic carbocycles. The molecule has 50 heavy (non-hydrogen) atoms. The number of nitrogens with zero attached hydrogens (tertiary/aromatic N) is 3. The number of benzene rings is 4. The summed E-state index contributed by atoms with van der Waals surface area (Å²) in [7, 11) is 0. The van der Waals surface area contributed by atoms with Crippen molar-refractivity contribution in [3.63, 3.8) is 0 Å². The summed E-state index contributed by atoms with van der Waals surface area (Å²) in [6.07, 6.45) is 5.09. The fraction of sp³-hybridized carbons (Fsp3) is 0.333. The van der Waals surface area contributed by atoms with E-state index in [1.54, 1.807) is 0 Å². The zero-order valence-electron chi connectivity index (χ0n) is 30.6. The van der Waals surface area contributed by atoms with Crippen LogP contribution in [0.2, 0.25) is 0 Å². The number of aryl methyl sites for hydroxylation is 4. The predicted octanol–water partition coefficient (Wildman–Crippen LogP) is 11.1. The molecule has 0 radical (unpaired) electrons. The summed E-state index contributed by atoms with van der Waals surface area (Å²) in [4.78, 5) is 10.1. The number of aliphatic imine (C=N–C) groups is 1. The summed E-state index contributed by atoms with van der Waals surface area (Å²) in [6.45, 7) is 19.9. The normalized spacial score (nSPS) is 20.1. The average Bonchev–Trinajstić information content (AvgIpc) is 3.61. The quantitative estimate of drug-likeness (QED) is 0.166. The maximum Gasteiger partial charge on any atom is 2.00 e. The van der Waals surface area contributed by atoms with Crippen molar-refractivity contribution >= 4 is 27.7 Å². The first-order chi connectivity index (χ1) is 23.2. The molecule has 5 heteroatoms. The SMILES string of the molecule is Cc1cc(C)c(-c2cc(C3=N[C@]4(C)CCC[C@]4(C)O3)[c-]c(-n3c4[c-]c(-c5cc(C(C)(C)C)ccn5)ccc4c4cc(C)ccc43)c2)c(C)c1.[Pt+2]. The van der Waals surface area contributed by atoms with Crippen LogP contribution in [-0.4, -0.2) is 26.6 Å². The van der Waals surface area contributed by atoms with E-state index in [2.05, 4.69) is 146 Å². The van der Waals surface area contributed by atoms with Gasteiger partial charge in [0.05, 0.1) is 5.54 Å². The molecular weight excluding hydrogens is 794 g/mol. The van der Waals surface area contributed by atoms with Crippen LogP contribution in [0.3, 0.4) is 0 Å². The molecule has 1 aliphatic carbocycles. The molecule has 0 saturated heterocycles. The molecule has 1 saturated carbocycles. The topological polar surface area (TPSA) is 39.4 Å².